The van der Waals surface area contributed by atoms with Crippen molar-refractivity contribution in [2.45, 2.75) is 30.5 Å². The van der Waals surface area contributed by atoms with Gasteiger partial charge in [0.05, 0.1) is 16.7 Å². The van der Waals surface area contributed by atoms with E-state index in [9.17, 15) is 26.6 Å². The standard InChI is InChI=1S/C20H16F4O3S/c1-19(2)18(25)16(11-5-4-6-12(9-11)20(22,23)24)17(27-19)14-8-7-13(28(3)26)10-15(14)21/h4-10H,1-3H3. The summed E-state index contributed by atoms with van der Waals surface area (Å²) >= 11 is 0. The fraction of sp³-hybridized carbons (Fsp3) is 0.250. The van der Waals surface area contributed by atoms with Crippen molar-refractivity contribution < 1.29 is 31.3 Å². The number of carbonyl (C=O) groups is 1. The summed E-state index contributed by atoms with van der Waals surface area (Å²) in [7, 11) is -1.42. The SMILES string of the molecule is CS(=O)c1ccc(C2=C(c3cccc(C(F)(F)F)c3)C(=O)C(C)(C)O2)c(F)c1. The molecule has 0 saturated heterocycles. The lowest BCUT2D eigenvalue weighted by molar-refractivity contribution is -0.137. The minimum Gasteiger partial charge on any atom is -0.478 e. The van der Waals surface area contributed by atoms with Crippen molar-refractivity contribution in [3.05, 3.63) is 65.0 Å². The van der Waals surface area contributed by atoms with Crippen LogP contribution in [0.5, 0.6) is 0 Å². The highest BCUT2D eigenvalue weighted by molar-refractivity contribution is 7.84. The van der Waals surface area contributed by atoms with E-state index in [-0.39, 0.29) is 27.4 Å². The Balaban J connectivity index is 2.23. The number of rotatable bonds is 3. The molecule has 2 aromatic carbocycles. The molecule has 0 radical (unpaired) electrons. The molecule has 0 aliphatic carbocycles. The molecular formula is C20H16F4O3S. The number of Topliss-reactive ketones (excluding diaryl/α,β-unsaturated/α-hetero) is 1. The zero-order chi connectivity index (χ0) is 20.9. The third kappa shape index (κ3) is 3.61. The molecule has 8 heteroatoms. The van der Waals surface area contributed by atoms with Crippen LogP contribution < -0.4 is 0 Å². The van der Waals surface area contributed by atoms with Crippen LogP contribution >= 0.6 is 0 Å². The summed E-state index contributed by atoms with van der Waals surface area (Å²) in [4.78, 5) is 13.1. The van der Waals surface area contributed by atoms with Crippen molar-refractivity contribution in [1.29, 1.82) is 0 Å². The molecule has 1 unspecified atom stereocenters. The molecule has 1 atom stereocenters. The smallest absolute Gasteiger partial charge is 0.416 e. The first-order chi connectivity index (χ1) is 12.9. The van der Waals surface area contributed by atoms with Gasteiger partial charge in [0.2, 0.25) is 5.78 Å². The normalized spacial score (nSPS) is 17.6. The van der Waals surface area contributed by atoms with Gasteiger partial charge in [0.15, 0.2) is 5.60 Å². The first-order valence-electron chi connectivity index (χ1n) is 8.21. The van der Waals surface area contributed by atoms with E-state index in [1.165, 1.54) is 44.4 Å². The van der Waals surface area contributed by atoms with Crippen LogP contribution in [0, 0.1) is 5.82 Å². The van der Waals surface area contributed by atoms with E-state index in [0.29, 0.717) is 0 Å². The second-order valence-corrected chi connectivity index (χ2v) is 8.20. The largest absolute Gasteiger partial charge is 0.478 e. The Kier molecular flexibility index (Phi) is 4.95. The van der Waals surface area contributed by atoms with Crippen LogP contribution in [-0.4, -0.2) is 21.8 Å². The van der Waals surface area contributed by atoms with Crippen molar-refractivity contribution in [2.24, 2.45) is 0 Å². The maximum Gasteiger partial charge on any atom is 0.416 e. The maximum atomic E-state index is 14.7. The van der Waals surface area contributed by atoms with Crippen LogP contribution in [0.3, 0.4) is 0 Å². The number of hydrogen-bond donors (Lipinski definition) is 0. The fourth-order valence-electron chi connectivity index (χ4n) is 2.92. The van der Waals surface area contributed by atoms with Crippen LogP contribution in [0.1, 0.15) is 30.5 Å². The fourth-order valence-corrected chi connectivity index (χ4v) is 3.45. The summed E-state index contributed by atoms with van der Waals surface area (Å²) in [5.41, 5.74) is -2.51. The first kappa shape index (κ1) is 20.3. The van der Waals surface area contributed by atoms with Crippen LogP contribution in [0.4, 0.5) is 17.6 Å². The van der Waals surface area contributed by atoms with E-state index >= 15 is 0 Å². The second-order valence-electron chi connectivity index (χ2n) is 6.82. The average molecular weight is 412 g/mol. The van der Waals surface area contributed by atoms with Gasteiger partial charge in [0.25, 0.3) is 0 Å². The molecule has 148 valence electrons. The summed E-state index contributed by atoms with van der Waals surface area (Å²) < 4.78 is 71.1. The Bertz CT molecular complexity index is 1020. The van der Waals surface area contributed by atoms with Gasteiger partial charge >= 0.3 is 6.18 Å². The van der Waals surface area contributed by atoms with Gasteiger partial charge in [-0.3, -0.25) is 9.00 Å². The number of hydrogen-bond acceptors (Lipinski definition) is 3. The van der Waals surface area contributed by atoms with E-state index in [0.717, 1.165) is 18.2 Å². The Morgan fingerprint density at radius 1 is 1.07 bits per heavy atom. The molecule has 0 aromatic heterocycles. The quantitative estimate of drug-likeness (QED) is 0.679. The Hall–Kier alpha value is -2.48. The Labute approximate surface area is 161 Å². The maximum absolute atomic E-state index is 14.7. The number of carbonyl (C=O) groups excluding carboxylic acids is 1. The molecule has 28 heavy (non-hydrogen) atoms. The van der Waals surface area contributed by atoms with Gasteiger partial charge in [-0.25, -0.2) is 4.39 Å². The number of benzene rings is 2. The van der Waals surface area contributed by atoms with E-state index < -0.39 is 39.7 Å². The van der Waals surface area contributed by atoms with Crippen molar-refractivity contribution >= 4 is 27.9 Å². The van der Waals surface area contributed by atoms with Crippen molar-refractivity contribution in [3.63, 3.8) is 0 Å². The molecule has 3 rings (SSSR count). The number of halogens is 4. The third-order valence-electron chi connectivity index (χ3n) is 4.35. The molecule has 0 bridgehead atoms. The van der Waals surface area contributed by atoms with Crippen LogP contribution in [-0.2, 0) is 26.5 Å². The molecule has 2 aromatic rings. The van der Waals surface area contributed by atoms with Crippen molar-refractivity contribution in [3.8, 4) is 0 Å². The molecule has 0 amide bonds. The Morgan fingerprint density at radius 2 is 1.75 bits per heavy atom. The van der Waals surface area contributed by atoms with Crippen LogP contribution in [0.2, 0.25) is 0 Å². The van der Waals surface area contributed by atoms with Gasteiger partial charge in [0.1, 0.15) is 11.6 Å². The van der Waals surface area contributed by atoms with Crippen molar-refractivity contribution in [2.75, 3.05) is 6.26 Å². The van der Waals surface area contributed by atoms with E-state index in [2.05, 4.69) is 0 Å². The van der Waals surface area contributed by atoms with Gasteiger partial charge in [-0.2, -0.15) is 13.2 Å². The average Bonchev–Trinajstić information content (AvgIpc) is 2.83. The predicted molar refractivity (Wildman–Crippen MR) is 97.2 cm³/mol. The van der Waals surface area contributed by atoms with E-state index in [4.69, 9.17) is 4.74 Å². The molecule has 0 saturated carbocycles. The van der Waals surface area contributed by atoms with Gasteiger partial charge in [-0.1, -0.05) is 12.1 Å². The highest BCUT2D eigenvalue weighted by atomic mass is 32.2. The van der Waals surface area contributed by atoms with Crippen LogP contribution in [0.25, 0.3) is 11.3 Å². The van der Waals surface area contributed by atoms with Gasteiger partial charge < -0.3 is 4.74 Å². The monoisotopic (exact) mass is 412 g/mol. The minimum atomic E-state index is -4.59. The Morgan fingerprint density at radius 3 is 2.32 bits per heavy atom. The minimum absolute atomic E-state index is 0.0112. The molecule has 0 N–H and O–H groups in total. The van der Waals surface area contributed by atoms with Crippen LogP contribution in [0.15, 0.2) is 47.4 Å². The molecule has 1 aliphatic heterocycles. The number of ketones is 1. The molecule has 1 heterocycles. The number of alkyl halides is 3. The summed E-state index contributed by atoms with van der Waals surface area (Å²) in [5.74, 6) is -1.47. The van der Waals surface area contributed by atoms with E-state index in [1.807, 2.05) is 0 Å². The summed E-state index contributed by atoms with van der Waals surface area (Å²) in [5, 5.41) is 0. The zero-order valence-corrected chi connectivity index (χ0v) is 16.0. The van der Waals surface area contributed by atoms with Gasteiger partial charge in [-0.05, 0) is 49.7 Å². The highest BCUT2D eigenvalue weighted by Crippen LogP contribution is 2.43. The van der Waals surface area contributed by atoms with Gasteiger partial charge in [0, 0.05) is 22.0 Å². The lowest BCUT2D eigenvalue weighted by Crippen LogP contribution is -2.29. The zero-order valence-electron chi connectivity index (χ0n) is 15.2. The highest BCUT2D eigenvalue weighted by Gasteiger charge is 2.44. The lowest BCUT2D eigenvalue weighted by Gasteiger charge is -2.18. The summed E-state index contributed by atoms with van der Waals surface area (Å²) in [6.45, 7) is 2.92. The second kappa shape index (κ2) is 6.84. The molecular weight excluding hydrogens is 396 g/mol. The van der Waals surface area contributed by atoms with Gasteiger partial charge in [-0.15, -0.1) is 0 Å². The number of ether oxygens (including phenoxy) is 1. The summed E-state index contributed by atoms with van der Waals surface area (Å²) in [6.07, 6.45) is -3.20. The summed E-state index contributed by atoms with van der Waals surface area (Å²) in [6, 6.07) is 8.05. The van der Waals surface area contributed by atoms with E-state index in [1.54, 1.807) is 0 Å². The lowest BCUT2D eigenvalue weighted by atomic mass is 9.91. The molecule has 0 fully saturated rings. The first-order valence-corrected chi connectivity index (χ1v) is 9.76. The molecule has 3 nitrogen and oxygen atoms in total. The predicted octanol–water partition coefficient (Wildman–Crippen LogP) is 4.83. The van der Waals surface area contributed by atoms with Crippen molar-refractivity contribution in [1.82, 2.24) is 0 Å². The molecule has 1 aliphatic rings. The topological polar surface area (TPSA) is 43.4 Å². The third-order valence-corrected chi connectivity index (χ3v) is 5.27. The molecule has 0 spiro atoms.